The molecule has 1 atom stereocenters. The monoisotopic (exact) mass is 340 g/mol. The lowest BCUT2D eigenvalue weighted by Gasteiger charge is -2.22. The predicted molar refractivity (Wildman–Crippen MR) is 88.4 cm³/mol. The Bertz CT molecular complexity index is 962. The van der Waals surface area contributed by atoms with Crippen LogP contribution in [-0.4, -0.2) is 43.9 Å². The number of pyridine rings is 1. The molecule has 3 aromatic heterocycles. The molecule has 1 aliphatic rings. The first-order valence-corrected chi connectivity index (χ1v) is 7.84. The fourth-order valence-corrected chi connectivity index (χ4v) is 3.11. The summed E-state index contributed by atoms with van der Waals surface area (Å²) in [4.78, 5) is 30.1. The van der Waals surface area contributed by atoms with Crippen LogP contribution in [0.2, 0.25) is 0 Å². The molecule has 1 unspecified atom stereocenters. The third kappa shape index (κ3) is 2.49. The number of aromatic nitrogens is 3. The summed E-state index contributed by atoms with van der Waals surface area (Å²) in [6.07, 6.45) is 4.38. The van der Waals surface area contributed by atoms with Gasteiger partial charge in [0.2, 0.25) is 11.7 Å². The summed E-state index contributed by atoms with van der Waals surface area (Å²) < 4.78 is 6.72. The molecule has 4 heterocycles. The van der Waals surface area contributed by atoms with Crippen LogP contribution in [0, 0.1) is 0 Å². The molecule has 1 aliphatic heterocycles. The molecule has 128 valence electrons. The standard InChI is InChI=1S/C16H16N6O3/c17-10-7-9(16(24)21-5-1-3-11(21)13(18)23)8-22-15(10)19-14(20-22)12-4-2-6-25-12/h2,4,6-8,11H,1,3,5,17H2,(H2,18,23). The lowest BCUT2D eigenvalue weighted by molar-refractivity contribution is -0.121. The molecule has 4 N–H and O–H groups in total. The number of carbonyl (C=O) groups excluding carboxylic acids is 2. The molecule has 25 heavy (non-hydrogen) atoms. The SMILES string of the molecule is NC(=O)C1CCCN1C(=O)c1cc(N)c2nc(-c3ccco3)nn2c1. The number of nitrogen functional groups attached to an aromatic ring is 1. The van der Waals surface area contributed by atoms with Crippen LogP contribution >= 0.6 is 0 Å². The van der Waals surface area contributed by atoms with E-state index in [2.05, 4.69) is 10.1 Å². The Balaban J connectivity index is 1.73. The van der Waals surface area contributed by atoms with Gasteiger partial charge in [0, 0.05) is 12.7 Å². The third-order valence-electron chi connectivity index (χ3n) is 4.29. The van der Waals surface area contributed by atoms with Crippen molar-refractivity contribution in [3.63, 3.8) is 0 Å². The average Bonchev–Trinajstić information content (AvgIpc) is 3.31. The Morgan fingerprint density at radius 1 is 1.36 bits per heavy atom. The van der Waals surface area contributed by atoms with Gasteiger partial charge in [-0.2, -0.15) is 0 Å². The van der Waals surface area contributed by atoms with Crippen molar-refractivity contribution in [2.45, 2.75) is 18.9 Å². The number of hydrogen-bond donors (Lipinski definition) is 2. The maximum Gasteiger partial charge on any atom is 0.256 e. The number of furan rings is 1. The summed E-state index contributed by atoms with van der Waals surface area (Å²) in [5, 5.41) is 4.31. The highest BCUT2D eigenvalue weighted by Gasteiger charge is 2.33. The van der Waals surface area contributed by atoms with Gasteiger partial charge in [-0.1, -0.05) is 0 Å². The number of hydrogen-bond acceptors (Lipinski definition) is 6. The van der Waals surface area contributed by atoms with Gasteiger partial charge in [0.05, 0.1) is 17.5 Å². The van der Waals surface area contributed by atoms with Gasteiger partial charge in [0.1, 0.15) is 6.04 Å². The summed E-state index contributed by atoms with van der Waals surface area (Å²) >= 11 is 0. The molecule has 3 aromatic rings. The van der Waals surface area contributed by atoms with Crippen molar-refractivity contribution in [1.29, 1.82) is 0 Å². The Morgan fingerprint density at radius 2 is 2.20 bits per heavy atom. The molecule has 1 saturated heterocycles. The number of anilines is 1. The highest BCUT2D eigenvalue weighted by molar-refractivity contribution is 5.98. The summed E-state index contributed by atoms with van der Waals surface area (Å²) in [6.45, 7) is 0.486. The van der Waals surface area contributed by atoms with Gasteiger partial charge in [-0.3, -0.25) is 9.59 Å². The van der Waals surface area contributed by atoms with Gasteiger partial charge in [0.15, 0.2) is 11.4 Å². The van der Waals surface area contributed by atoms with E-state index in [1.165, 1.54) is 21.7 Å². The van der Waals surface area contributed by atoms with Crippen LogP contribution in [0.15, 0.2) is 35.1 Å². The van der Waals surface area contributed by atoms with Crippen LogP contribution in [-0.2, 0) is 4.79 Å². The summed E-state index contributed by atoms with van der Waals surface area (Å²) in [6, 6.07) is 4.42. The molecule has 4 rings (SSSR count). The Labute approximate surface area is 142 Å². The minimum absolute atomic E-state index is 0.301. The van der Waals surface area contributed by atoms with Crippen LogP contribution in [0.25, 0.3) is 17.2 Å². The summed E-state index contributed by atoms with van der Waals surface area (Å²) in [5.41, 5.74) is 12.5. The normalized spacial score (nSPS) is 17.3. The van der Waals surface area contributed by atoms with Gasteiger partial charge >= 0.3 is 0 Å². The topological polar surface area (TPSA) is 133 Å². The fourth-order valence-electron chi connectivity index (χ4n) is 3.11. The minimum atomic E-state index is -0.584. The maximum atomic E-state index is 12.8. The molecule has 0 radical (unpaired) electrons. The molecule has 0 spiro atoms. The van der Waals surface area contributed by atoms with Crippen LogP contribution in [0.3, 0.4) is 0 Å². The number of likely N-dealkylation sites (tertiary alicyclic amines) is 1. The molecule has 2 amide bonds. The molecular formula is C16H16N6O3. The summed E-state index contributed by atoms with van der Waals surface area (Å²) in [5.74, 6) is 0.0764. The smallest absolute Gasteiger partial charge is 0.256 e. The zero-order valence-corrected chi connectivity index (χ0v) is 13.3. The van der Waals surface area contributed by atoms with Crippen molar-refractivity contribution in [2.24, 2.45) is 5.73 Å². The van der Waals surface area contributed by atoms with E-state index in [0.29, 0.717) is 41.4 Å². The first-order chi connectivity index (χ1) is 12.0. The van der Waals surface area contributed by atoms with E-state index in [0.717, 1.165) is 6.42 Å². The molecule has 0 saturated carbocycles. The van der Waals surface area contributed by atoms with E-state index in [4.69, 9.17) is 15.9 Å². The van der Waals surface area contributed by atoms with Crippen LogP contribution in [0.4, 0.5) is 5.69 Å². The maximum absolute atomic E-state index is 12.8. The second-order valence-electron chi connectivity index (χ2n) is 5.92. The van der Waals surface area contributed by atoms with Crippen molar-refractivity contribution in [2.75, 3.05) is 12.3 Å². The van der Waals surface area contributed by atoms with E-state index in [1.54, 1.807) is 18.3 Å². The quantitative estimate of drug-likeness (QED) is 0.719. The average molecular weight is 340 g/mol. The first kappa shape index (κ1) is 15.2. The Hall–Kier alpha value is -3.36. The van der Waals surface area contributed by atoms with E-state index >= 15 is 0 Å². The summed E-state index contributed by atoms with van der Waals surface area (Å²) in [7, 11) is 0. The molecule has 0 aliphatic carbocycles. The van der Waals surface area contributed by atoms with Crippen LogP contribution in [0.1, 0.15) is 23.2 Å². The Morgan fingerprint density at radius 3 is 2.92 bits per heavy atom. The van der Waals surface area contributed by atoms with E-state index < -0.39 is 11.9 Å². The van der Waals surface area contributed by atoms with Gasteiger partial charge in [0.25, 0.3) is 5.91 Å². The van der Waals surface area contributed by atoms with E-state index in [-0.39, 0.29) is 5.91 Å². The van der Waals surface area contributed by atoms with Crippen molar-refractivity contribution in [3.05, 3.63) is 36.2 Å². The molecule has 9 heteroatoms. The van der Waals surface area contributed by atoms with Gasteiger partial charge in [-0.15, -0.1) is 5.10 Å². The van der Waals surface area contributed by atoms with Gasteiger partial charge < -0.3 is 20.8 Å². The predicted octanol–water partition coefficient (Wildman–Crippen LogP) is 0.661. The van der Waals surface area contributed by atoms with Crippen LogP contribution in [0.5, 0.6) is 0 Å². The first-order valence-electron chi connectivity index (χ1n) is 7.84. The van der Waals surface area contributed by atoms with Gasteiger partial charge in [-0.05, 0) is 31.0 Å². The lowest BCUT2D eigenvalue weighted by Crippen LogP contribution is -2.43. The number of fused-ring (bicyclic) bond motifs is 1. The van der Waals surface area contributed by atoms with E-state index in [9.17, 15) is 9.59 Å². The molecule has 9 nitrogen and oxygen atoms in total. The number of nitrogens with zero attached hydrogens (tertiary/aromatic N) is 4. The van der Waals surface area contributed by atoms with E-state index in [1.807, 2.05) is 0 Å². The molecule has 1 fully saturated rings. The number of carbonyl (C=O) groups is 2. The van der Waals surface area contributed by atoms with Crippen molar-refractivity contribution in [3.8, 4) is 11.6 Å². The third-order valence-corrected chi connectivity index (χ3v) is 4.29. The largest absolute Gasteiger partial charge is 0.461 e. The number of rotatable bonds is 3. The van der Waals surface area contributed by atoms with Crippen molar-refractivity contribution < 1.29 is 14.0 Å². The Kier molecular flexibility index (Phi) is 3.41. The number of nitrogens with two attached hydrogens (primary N) is 2. The second-order valence-corrected chi connectivity index (χ2v) is 5.92. The van der Waals surface area contributed by atoms with Crippen molar-refractivity contribution in [1.82, 2.24) is 19.5 Å². The highest BCUT2D eigenvalue weighted by Crippen LogP contribution is 2.24. The zero-order chi connectivity index (χ0) is 17.6. The molecule has 0 aromatic carbocycles. The zero-order valence-electron chi connectivity index (χ0n) is 13.3. The second kappa shape index (κ2) is 5.62. The van der Waals surface area contributed by atoms with Gasteiger partial charge in [-0.25, -0.2) is 9.50 Å². The lowest BCUT2D eigenvalue weighted by atomic mass is 10.2. The molecular weight excluding hydrogens is 324 g/mol. The highest BCUT2D eigenvalue weighted by atomic mass is 16.3. The fraction of sp³-hybridized carbons (Fsp3) is 0.250. The van der Waals surface area contributed by atoms with Crippen LogP contribution < -0.4 is 11.5 Å². The van der Waals surface area contributed by atoms with Crippen molar-refractivity contribution >= 4 is 23.1 Å². The molecule has 0 bridgehead atoms. The number of amides is 2. The number of primary amides is 1. The minimum Gasteiger partial charge on any atom is -0.461 e.